The average molecular weight is 442 g/mol. The summed E-state index contributed by atoms with van der Waals surface area (Å²) in [4.78, 5) is 28.0. The van der Waals surface area contributed by atoms with Crippen molar-refractivity contribution in [3.05, 3.63) is 45.4 Å². The third-order valence-corrected chi connectivity index (χ3v) is 5.96. The lowest BCUT2D eigenvalue weighted by molar-refractivity contribution is 0.0988. The van der Waals surface area contributed by atoms with Crippen molar-refractivity contribution in [1.82, 2.24) is 0 Å². The van der Waals surface area contributed by atoms with Gasteiger partial charge in [0.25, 0.3) is 0 Å². The van der Waals surface area contributed by atoms with Gasteiger partial charge in [-0.3, -0.25) is 9.59 Å². The van der Waals surface area contributed by atoms with Gasteiger partial charge in [-0.05, 0) is 30.2 Å². The van der Waals surface area contributed by atoms with E-state index >= 15 is 0 Å². The fourth-order valence-electron chi connectivity index (χ4n) is 4.25. The Balaban J connectivity index is 2.07. The minimum Gasteiger partial charge on any atom is -0.496 e. The summed E-state index contributed by atoms with van der Waals surface area (Å²) >= 11 is 0. The lowest BCUT2D eigenvalue weighted by Gasteiger charge is -2.22. The van der Waals surface area contributed by atoms with Crippen LogP contribution in [0.5, 0.6) is 11.5 Å². The molecule has 0 aromatic heterocycles. The van der Waals surface area contributed by atoms with Crippen molar-refractivity contribution in [2.75, 3.05) is 14.2 Å². The quantitative estimate of drug-likeness (QED) is 0.123. The molecule has 0 fully saturated rings. The number of ether oxygens (including phenoxy) is 2. The van der Waals surface area contributed by atoms with E-state index in [1.807, 2.05) is 0 Å². The highest BCUT2D eigenvalue weighted by molar-refractivity contribution is 6.24. The van der Waals surface area contributed by atoms with Crippen LogP contribution in [0.15, 0.2) is 23.3 Å². The molecule has 32 heavy (non-hydrogen) atoms. The first kappa shape index (κ1) is 25.5. The Bertz CT molecular complexity index is 872. The standard InChI is InChI=1S/C25H35N3O4/c1-4-5-6-7-8-9-10-11-12-13-14-19(27-28-26)18-17-22(31-2)23-20(29)15-16-21(30)24(23)25(18)32-3/h15-17,19H,4-14H2,1-3H3. The van der Waals surface area contributed by atoms with Crippen LogP contribution >= 0.6 is 0 Å². The molecule has 0 spiro atoms. The lowest BCUT2D eigenvalue weighted by atomic mass is 9.88. The summed E-state index contributed by atoms with van der Waals surface area (Å²) in [5.74, 6) is -0.0563. The molecule has 7 heteroatoms. The van der Waals surface area contributed by atoms with Gasteiger partial charge >= 0.3 is 0 Å². The van der Waals surface area contributed by atoms with E-state index in [2.05, 4.69) is 16.9 Å². The molecule has 0 saturated carbocycles. The van der Waals surface area contributed by atoms with E-state index in [0.717, 1.165) is 19.3 Å². The number of fused-ring (bicyclic) bond motifs is 1. The first-order valence-corrected chi connectivity index (χ1v) is 11.7. The van der Waals surface area contributed by atoms with E-state index in [-0.39, 0.29) is 28.4 Å². The molecule has 0 bridgehead atoms. The van der Waals surface area contributed by atoms with Gasteiger partial charge in [0.05, 0.1) is 31.4 Å². The Hall–Kier alpha value is -2.79. The monoisotopic (exact) mass is 441 g/mol. The second kappa shape index (κ2) is 13.6. The van der Waals surface area contributed by atoms with Crippen LogP contribution in [-0.2, 0) is 0 Å². The fourth-order valence-corrected chi connectivity index (χ4v) is 4.25. The Kier molecular flexibility index (Phi) is 10.8. The Morgan fingerprint density at radius 2 is 1.44 bits per heavy atom. The zero-order valence-electron chi connectivity index (χ0n) is 19.6. The smallest absolute Gasteiger partial charge is 0.190 e. The van der Waals surface area contributed by atoms with Crippen molar-refractivity contribution >= 4 is 11.6 Å². The second-order valence-electron chi connectivity index (χ2n) is 8.20. The van der Waals surface area contributed by atoms with Gasteiger partial charge in [0.15, 0.2) is 11.6 Å². The molecule has 0 heterocycles. The van der Waals surface area contributed by atoms with Gasteiger partial charge in [0, 0.05) is 10.5 Å². The van der Waals surface area contributed by atoms with Crippen LogP contribution in [-0.4, -0.2) is 25.8 Å². The van der Waals surface area contributed by atoms with E-state index in [1.54, 1.807) is 6.07 Å². The van der Waals surface area contributed by atoms with E-state index in [9.17, 15) is 9.59 Å². The maximum absolute atomic E-state index is 12.6. The minimum absolute atomic E-state index is 0.176. The molecule has 0 saturated heterocycles. The van der Waals surface area contributed by atoms with E-state index < -0.39 is 6.04 Å². The van der Waals surface area contributed by atoms with Gasteiger partial charge in [-0.15, -0.1) is 0 Å². The third-order valence-electron chi connectivity index (χ3n) is 5.96. The predicted molar refractivity (Wildman–Crippen MR) is 126 cm³/mol. The molecule has 1 aliphatic rings. The predicted octanol–water partition coefficient (Wildman–Crippen LogP) is 7.30. The first-order chi connectivity index (χ1) is 15.6. The molecule has 1 aliphatic carbocycles. The molecule has 0 N–H and O–H groups in total. The zero-order chi connectivity index (χ0) is 23.3. The summed E-state index contributed by atoms with van der Waals surface area (Å²) in [5.41, 5.74) is 10.1. The fraction of sp³-hybridized carbons (Fsp3) is 0.600. The summed E-state index contributed by atoms with van der Waals surface area (Å²) in [6.07, 6.45) is 15.3. The van der Waals surface area contributed by atoms with Crippen molar-refractivity contribution in [3.8, 4) is 11.5 Å². The summed E-state index contributed by atoms with van der Waals surface area (Å²) in [7, 11) is 2.90. The number of carbonyl (C=O) groups excluding carboxylic acids is 2. The number of hydrogen-bond donors (Lipinski definition) is 0. The van der Waals surface area contributed by atoms with Crippen LogP contribution in [0.4, 0.5) is 0 Å². The van der Waals surface area contributed by atoms with Crippen LogP contribution in [0.1, 0.15) is 110 Å². The maximum atomic E-state index is 12.6. The third kappa shape index (κ3) is 6.60. The second-order valence-corrected chi connectivity index (χ2v) is 8.20. The number of allylic oxidation sites excluding steroid dienone is 2. The van der Waals surface area contributed by atoms with Crippen LogP contribution < -0.4 is 9.47 Å². The molecular formula is C25H35N3O4. The van der Waals surface area contributed by atoms with Gasteiger partial charge in [-0.25, -0.2) is 0 Å². The number of methoxy groups -OCH3 is 2. The number of azide groups is 1. The van der Waals surface area contributed by atoms with Gasteiger partial charge in [0.2, 0.25) is 0 Å². The topological polar surface area (TPSA) is 101 Å². The van der Waals surface area contributed by atoms with Gasteiger partial charge in [0.1, 0.15) is 11.5 Å². The molecular weight excluding hydrogens is 406 g/mol. The number of carbonyl (C=O) groups is 2. The van der Waals surface area contributed by atoms with Crippen molar-refractivity contribution in [2.45, 2.75) is 83.6 Å². The molecule has 0 amide bonds. The first-order valence-electron chi connectivity index (χ1n) is 11.7. The summed E-state index contributed by atoms with van der Waals surface area (Å²) < 4.78 is 11.0. The minimum atomic E-state index is -0.503. The summed E-state index contributed by atoms with van der Waals surface area (Å²) in [6.45, 7) is 2.23. The average Bonchev–Trinajstić information content (AvgIpc) is 2.80. The van der Waals surface area contributed by atoms with E-state index in [0.29, 0.717) is 17.7 Å². The SMILES string of the molecule is CCCCCCCCCCCCC(N=[N+]=[N-])c1cc(OC)c2c(c1OC)C(=O)C=CC2=O. The Morgan fingerprint density at radius 1 is 0.875 bits per heavy atom. The number of ketones is 2. The normalized spacial score (nSPS) is 13.5. The lowest BCUT2D eigenvalue weighted by Crippen LogP contribution is -2.17. The number of nitrogens with zero attached hydrogens (tertiary/aromatic N) is 3. The molecule has 0 radical (unpaired) electrons. The van der Waals surface area contributed by atoms with Crippen LogP contribution in [0.25, 0.3) is 10.4 Å². The number of hydrogen-bond acceptors (Lipinski definition) is 5. The highest BCUT2D eigenvalue weighted by Crippen LogP contribution is 2.42. The number of unbranched alkanes of at least 4 members (excludes halogenated alkanes) is 9. The van der Waals surface area contributed by atoms with Crippen LogP contribution in [0.2, 0.25) is 0 Å². The molecule has 1 aromatic carbocycles. The van der Waals surface area contributed by atoms with Crippen molar-refractivity contribution < 1.29 is 19.1 Å². The van der Waals surface area contributed by atoms with Gasteiger partial charge in [-0.2, -0.15) is 0 Å². The molecule has 174 valence electrons. The van der Waals surface area contributed by atoms with Crippen molar-refractivity contribution in [1.29, 1.82) is 0 Å². The highest BCUT2D eigenvalue weighted by atomic mass is 16.5. The number of rotatable bonds is 15. The van der Waals surface area contributed by atoms with Crippen LogP contribution in [0, 0.1) is 0 Å². The van der Waals surface area contributed by atoms with E-state index in [4.69, 9.17) is 15.0 Å². The largest absolute Gasteiger partial charge is 0.496 e. The van der Waals surface area contributed by atoms with Crippen molar-refractivity contribution in [2.24, 2.45) is 5.11 Å². The molecule has 1 aromatic rings. The molecule has 7 nitrogen and oxygen atoms in total. The van der Waals surface area contributed by atoms with E-state index in [1.165, 1.54) is 71.3 Å². The van der Waals surface area contributed by atoms with Gasteiger partial charge < -0.3 is 9.47 Å². The molecule has 2 rings (SSSR count). The van der Waals surface area contributed by atoms with Crippen LogP contribution in [0.3, 0.4) is 0 Å². The Morgan fingerprint density at radius 3 is 1.97 bits per heavy atom. The Labute approximate surface area is 190 Å². The molecule has 1 unspecified atom stereocenters. The highest BCUT2D eigenvalue weighted by Gasteiger charge is 2.31. The maximum Gasteiger partial charge on any atom is 0.190 e. The number of benzene rings is 1. The molecule has 0 aliphatic heterocycles. The molecule has 1 atom stereocenters. The van der Waals surface area contributed by atoms with Crippen molar-refractivity contribution in [3.63, 3.8) is 0 Å². The zero-order valence-corrected chi connectivity index (χ0v) is 19.6. The van der Waals surface area contributed by atoms with Gasteiger partial charge in [-0.1, -0.05) is 76.2 Å². The summed E-state index contributed by atoms with van der Waals surface area (Å²) in [6, 6.07) is 1.16. The summed E-state index contributed by atoms with van der Waals surface area (Å²) in [5, 5.41) is 3.98.